The molecule has 11 rings (SSSR count). The van der Waals surface area contributed by atoms with Crippen molar-refractivity contribution in [1.82, 2.24) is 5.32 Å². The Labute approximate surface area is 315 Å². The van der Waals surface area contributed by atoms with Gasteiger partial charge in [-0.1, -0.05) is 133 Å². The Hall–Kier alpha value is -6.82. The Morgan fingerprint density at radius 1 is 0.481 bits per heavy atom. The summed E-state index contributed by atoms with van der Waals surface area (Å²) in [5.74, 6) is 1.50. The van der Waals surface area contributed by atoms with Gasteiger partial charge in [0.25, 0.3) is 0 Å². The van der Waals surface area contributed by atoms with Crippen LogP contribution in [0.2, 0.25) is 0 Å². The number of hydrogen-bond donors (Lipinski definition) is 1. The fourth-order valence-electron chi connectivity index (χ4n) is 7.95. The molecule has 254 valence electrons. The summed E-state index contributed by atoms with van der Waals surface area (Å²) in [5, 5.41) is 10.9. The molecule has 54 heavy (non-hydrogen) atoms. The standard InChI is InChI=1S/C49H31N3OS/c1-2-12-31(13-3-1)47-50-48(52-49(51-47)40-19-10-22-44-46(40)39-17-6-7-21-43(39)54-44)36-16-8-15-35(28-36)37-18-9-20-41-45(37)38-26-25-34(29-42(38)53-41)33-24-23-30-11-4-5-14-32(30)27-33/h1-29,49H,(H,50,51,52). The molecule has 2 aromatic heterocycles. The molecule has 4 nitrogen and oxygen atoms in total. The first-order valence-corrected chi connectivity index (χ1v) is 19.0. The summed E-state index contributed by atoms with van der Waals surface area (Å²) in [5.41, 5.74) is 9.37. The number of nitrogens with zero attached hydrogens (tertiary/aromatic N) is 2. The molecule has 10 aromatic rings. The molecular weight excluding hydrogens is 679 g/mol. The summed E-state index contributed by atoms with van der Waals surface area (Å²) >= 11 is 1.82. The van der Waals surface area contributed by atoms with E-state index in [0.29, 0.717) is 5.84 Å². The van der Waals surface area contributed by atoms with Gasteiger partial charge in [-0.3, -0.25) is 0 Å². The third-order valence-corrected chi connectivity index (χ3v) is 11.7. The van der Waals surface area contributed by atoms with Gasteiger partial charge >= 0.3 is 0 Å². The lowest BCUT2D eigenvalue weighted by Gasteiger charge is -2.24. The lowest BCUT2D eigenvalue weighted by molar-refractivity contribution is 0.669. The van der Waals surface area contributed by atoms with E-state index in [1.807, 2.05) is 29.5 Å². The molecule has 1 unspecified atom stereocenters. The highest BCUT2D eigenvalue weighted by atomic mass is 32.1. The Morgan fingerprint density at radius 3 is 2.17 bits per heavy atom. The van der Waals surface area contributed by atoms with Crippen LogP contribution in [0.15, 0.2) is 190 Å². The molecule has 0 fully saturated rings. The van der Waals surface area contributed by atoms with E-state index in [9.17, 15) is 0 Å². The summed E-state index contributed by atoms with van der Waals surface area (Å²) in [7, 11) is 0. The van der Waals surface area contributed by atoms with Crippen molar-refractivity contribution in [3.63, 3.8) is 0 Å². The number of rotatable bonds is 5. The smallest absolute Gasteiger partial charge is 0.159 e. The van der Waals surface area contributed by atoms with E-state index in [-0.39, 0.29) is 6.17 Å². The van der Waals surface area contributed by atoms with E-state index in [0.717, 1.165) is 61.2 Å². The van der Waals surface area contributed by atoms with E-state index in [1.54, 1.807) is 0 Å². The zero-order valence-corrected chi connectivity index (χ0v) is 29.8. The van der Waals surface area contributed by atoms with Gasteiger partial charge in [0, 0.05) is 47.6 Å². The Kier molecular flexibility index (Phi) is 7.07. The number of fused-ring (bicyclic) bond motifs is 7. The molecule has 1 N–H and O–H groups in total. The minimum absolute atomic E-state index is 0.323. The van der Waals surface area contributed by atoms with Crippen molar-refractivity contribution in [3.05, 3.63) is 193 Å². The first kappa shape index (κ1) is 30.8. The van der Waals surface area contributed by atoms with Crippen molar-refractivity contribution in [2.45, 2.75) is 6.17 Å². The molecule has 0 bridgehead atoms. The quantitative estimate of drug-likeness (QED) is 0.193. The third kappa shape index (κ3) is 5.12. The molecule has 1 aliphatic rings. The number of amidine groups is 2. The van der Waals surface area contributed by atoms with E-state index in [4.69, 9.17) is 14.4 Å². The predicted octanol–water partition coefficient (Wildman–Crippen LogP) is 12.9. The molecule has 0 amide bonds. The summed E-state index contributed by atoms with van der Waals surface area (Å²) < 4.78 is 9.07. The molecule has 5 heteroatoms. The van der Waals surface area contributed by atoms with Crippen LogP contribution >= 0.6 is 11.3 Å². The number of benzene rings is 8. The lowest BCUT2D eigenvalue weighted by Crippen LogP contribution is -2.33. The van der Waals surface area contributed by atoms with Crippen LogP contribution in [0.25, 0.3) is 75.1 Å². The van der Waals surface area contributed by atoms with Gasteiger partial charge in [0.15, 0.2) is 5.84 Å². The maximum Gasteiger partial charge on any atom is 0.159 e. The Balaban J connectivity index is 1.01. The summed E-state index contributed by atoms with van der Waals surface area (Å²) in [6, 6.07) is 62.1. The molecule has 8 aromatic carbocycles. The van der Waals surface area contributed by atoms with Crippen LogP contribution in [-0.4, -0.2) is 11.7 Å². The van der Waals surface area contributed by atoms with E-state index >= 15 is 0 Å². The first-order valence-electron chi connectivity index (χ1n) is 18.2. The minimum atomic E-state index is -0.323. The molecule has 1 atom stereocenters. The highest BCUT2D eigenvalue weighted by Crippen LogP contribution is 2.41. The van der Waals surface area contributed by atoms with Crippen molar-refractivity contribution >= 4 is 75.9 Å². The molecule has 0 aliphatic carbocycles. The fourth-order valence-corrected chi connectivity index (χ4v) is 9.09. The van der Waals surface area contributed by atoms with Crippen LogP contribution in [-0.2, 0) is 0 Å². The van der Waals surface area contributed by atoms with E-state index in [2.05, 4.69) is 163 Å². The van der Waals surface area contributed by atoms with Gasteiger partial charge in [0.05, 0.1) is 0 Å². The Morgan fingerprint density at radius 2 is 1.22 bits per heavy atom. The van der Waals surface area contributed by atoms with Crippen molar-refractivity contribution < 1.29 is 4.42 Å². The zero-order chi connectivity index (χ0) is 35.6. The van der Waals surface area contributed by atoms with Gasteiger partial charge in [-0.05, 0) is 75.5 Å². The molecule has 1 aliphatic heterocycles. The molecule has 0 radical (unpaired) electrons. The summed E-state index contributed by atoms with van der Waals surface area (Å²) in [6.07, 6.45) is -0.323. The van der Waals surface area contributed by atoms with Crippen LogP contribution in [0.5, 0.6) is 0 Å². The van der Waals surface area contributed by atoms with Gasteiger partial charge in [-0.2, -0.15) is 0 Å². The van der Waals surface area contributed by atoms with Crippen molar-refractivity contribution in [2.75, 3.05) is 0 Å². The zero-order valence-electron chi connectivity index (χ0n) is 29.0. The van der Waals surface area contributed by atoms with Crippen molar-refractivity contribution in [2.24, 2.45) is 9.98 Å². The second kappa shape index (κ2) is 12.4. The van der Waals surface area contributed by atoms with Crippen molar-refractivity contribution in [3.8, 4) is 22.3 Å². The average Bonchev–Trinajstić information content (AvgIpc) is 3.82. The second-order valence-electron chi connectivity index (χ2n) is 13.8. The highest BCUT2D eigenvalue weighted by molar-refractivity contribution is 7.25. The van der Waals surface area contributed by atoms with Crippen LogP contribution in [0, 0.1) is 0 Å². The van der Waals surface area contributed by atoms with Gasteiger partial charge in [-0.25, -0.2) is 9.98 Å². The highest BCUT2D eigenvalue weighted by Gasteiger charge is 2.24. The second-order valence-corrected chi connectivity index (χ2v) is 14.9. The third-order valence-electron chi connectivity index (χ3n) is 10.5. The average molecular weight is 710 g/mol. The monoisotopic (exact) mass is 709 g/mol. The normalized spacial score (nSPS) is 14.5. The minimum Gasteiger partial charge on any atom is -0.456 e. The van der Waals surface area contributed by atoms with Crippen LogP contribution in [0.4, 0.5) is 0 Å². The van der Waals surface area contributed by atoms with Crippen LogP contribution in [0.3, 0.4) is 0 Å². The first-order chi connectivity index (χ1) is 26.7. The van der Waals surface area contributed by atoms with Crippen LogP contribution in [0.1, 0.15) is 22.9 Å². The number of thiophene rings is 1. The molecule has 0 spiro atoms. The molecule has 3 heterocycles. The molecule has 0 saturated carbocycles. The van der Waals surface area contributed by atoms with Crippen LogP contribution < -0.4 is 5.32 Å². The van der Waals surface area contributed by atoms with Gasteiger partial charge < -0.3 is 9.73 Å². The summed E-state index contributed by atoms with van der Waals surface area (Å²) in [6.45, 7) is 0. The molecular formula is C49H31N3OS. The largest absolute Gasteiger partial charge is 0.456 e. The molecule has 0 saturated heterocycles. The maximum atomic E-state index is 6.54. The van der Waals surface area contributed by atoms with Gasteiger partial charge in [0.1, 0.15) is 23.2 Å². The fraction of sp³-hybridized carbons (Fsp3) is 0.0204. The topological polar surface area (TPSA) is 49.9 Å². The van der Waals surface area contributed by atoms with Gasteiger partial charge in [0.2, 0.25) is 0 Å². The maximum absolute atomic E-state index is 6.54. The lowest BCUT2D eigenvalue weighted by atomic mass is 9.96. The number of aliphatic imine (C=N–C) groups is 2. The SMILES string of the molecule is c1ccc(C2=NC(c3cccc4sc5ccccc5c34)NC(c3cccc(-c4cccc5oc6cc(-c7ccc8ccccc8c7)ccc6c45)c3)=N2)cc1. The number of nitrogens with one attached hydrogen (secondary N) is 1. The Bertz CT molecular complexity index is 3150. The van der Waals surface area contributed by atoms with Gasteiger partial charge in [-0.15, -0.1) is 11.3 Å². The van der Waals surface area contributed by atoms with E-state index < -0.39 is 0 Å². The predicted molar refractivity (Wildman–Crippen MR) is 227 cm³/mol. The summed E-state index contributed by atoms with van der Waals surface area (Å²) in [4.78, 5) is 10.4. The number of hydrogen-bond acceptors (Lipinski definition) is 5. The van der Waals surface area contributed by atoms with Crippen molar-refractivity contribution in [1.29, 1.82) is 0 Å². The number of furan rings is 1. The van der Waals surface area contributed by atoms with E-state index in [1.165, 1.54) is 36.5 Å².